The number of likely N-dealkylation sites (tertiary alicyclic amines) is 2. The summed E-state index contributed by atoms with van der Waals surface area (Å²) in [4.78, 5) is 4.93. The van der Waals surface area contributed by atoms with E-state index >= 15 is 0 Å². The number of hydrogen-bond donors (Lipinski definition) is 2. The zero-order valence-electron chi connectivity index (χ0n) is 23.1. The minimum Gasteiger partial charge on any atom is -0.390 e. The van der Waals surface area contributed by atoms with Gasteiger partial charge in [0.05, 0.1) is 30.0 Å². The van der Waals surface area contributed by atoms with Gasteiger partial charge in [0, 0.05) is 19.7 Å². The lowest BCUT2D eigenvalue weighted by atomic mass is 9.83. The highest BCUT2D eigenvalue weighted by Gasteiger charge is 2.31. The predicted octanol–water partition coefficient (Wildman–Crippen LogP) is 4.18. The van der Waals surface area contributed by atoms with Crippen molar-refractivity contribution in [3.63, 3.8) is 0 Å². The molecule has 0 unspecified atom stereocenters. The molecule has 0 radical (unpaired) electrons. The Labute approximate surface area is 205 Å². The van der Waals surface area contributed by atoms with Crippen molar-refractivity contribution in [3.05, 3.63) is 0 Å². The first kappa shape index (κ1) is 30.8. The van der Waals surface area contributed by atoms with Gasteiger partial charge in [-0.2, -0.15) is 0 Å². The third kappa shape index (κ3) is 14.0. The first-order valence-corrected chi connectivity index (χ1v) is 13.4. The van der Waals surface area contributed by atoms with Crippen molar-refractivity contribution in [2.45, 2.75) is 111 Å². The van der Waals surface area contributed by atoms with Gasteiger partial charge in [-0.05, 0) is 126 Å². The fourth-order valence-electron chi connectivity index (χ4n) is 4.75. The standard InChI is InChI=1S/C14H29NO2.C13H27NO2/c1-12(2)17-11-5-8-15-9-6-13(7-10-15)14(3,4)16;1-11(2)16-10-9-14-7-5-12(6-8-14)13(3,4)15/h12-13,16H,5-11H2,1-4H3;11-12,15H,5-10H2,1-4H3. The van der Waals surface area contributed by atoms with Crippen LogP contribution in [0.1, 0.15) is 87.5 Å². The first-order chi connectivity index (χ1) is 15.3. The Hall–Kier alpha value is -0.240. The van der Waals surface area contributed by atoms with Crippen LogP contribution < -0.4 is 0 Å². The number of nitrogens with zero attached hydrogens (tertiary/aromatic N) is 2. The molecule has 0 bridgehead atoms. The second-order valence-corrected chi connectivity index (χ2v) is 11.7. The largest absolute Gasteiger partial charge is 0.390 e. The van der Waals surface area contributed by atoms with Crippen molar-refractivity contribution in [2.24, 2.45) is 11.8 Å². The average molecular weight is 473 g/mol. The van der Waals surface area contributed by atoms with E-state index in [-0.39, 0.29) is 0 Å². The molecule has 2 N–H and O–H groups in total. The molecule has 6 nitrogen and oxygen atoms in total. The van der Waals surface area contributed by atoms with Gasteiger partial charge in [-0.3, -0.25) is 0 Å². The van der Waals surface area contributed by atoms with Gasteiger partial charge in [0.1, 0.15) is 0 Å². The number of aliphatic hydroxyl groups is 2. The van der Waals surface area contributed by atoms with Crippen LogP contribution in [0.4, 0.5) is 0 Å². The van der Waals surface area contributed by atoms with Crippen LogP contribution in [0.3, 0.4) is 0 Å². The molecule has 0 atom stereocenters. The van der Waals surface area contributed by atoms with Crippen molar-refractivity contribution in [3.8, 4) is 0 Å². The minimum absolute atomic E-state index is 0.328. The van der Waals surface area contributed by atoms with E-state index in [0.717, 1.165) is 84.6 Å². The summed E-state index contributed by atoms with van der Waals surface area (Å²) in [5.41, 5.74) is -1.02. The summed E-state index contributed by atoms with van der Waals surface area (Å²) in [7, 11) is 0. The molecule has 2 saturated heterocycles. The first-order valence-electron chi connectivity index (χ1n) is 13.4. The fourth-order valence-corrected chi connectivity index (χ4v) is 4.75. The van der Waals surface area contributed by atoms with Gasteiger partial charge in [-0.1, -0.05) is 0 Å². The predicted molar refractivity (Wildman–Crippen MR) is 138 cm³/mol. The highest BCUT2D eigenvalue weighted by atomic mass is 16.5. The molecule has 0 aromatic heterocycles. The monoisotopic (exact) mass is 472 g/mol. The fraction of sp³-hybridized carbons (Fsp3) is 1.00. The average Bonchev–Trinajstić information content (AvgIpc) is 2.71. The lowest BCUT2D eigenvalue weighted by Crippen LogP contribution is -2.42. The maximum Gasteiger partial charge on any atom is 0.0620 e. The summed E-state index contributed by atoms with van der Waals surface area (Å²) < 4.78 is 11.1. The van der Waals surface area contributed by atoms with E-state index < -0.39 is 11.2 Å². The topological polar surface area (TPSA) is 65.4 Å². The Morgan fingerprint density at radius 3 is 1.39 bits per heavy atom. The van der Waals surface area contributed by atoms with Crippen LogP contribution in [0.5, 0.6) is 0 Å². The molecule has 2 rings (SSSR count). The molecular weight excluding hydrogens is 416 g/mol. The van der Waals surface area contributed by atoms with Gasteiger partial charge in [-0.25, -0.2) is 0 Å². The van der Waals surface area contributed by atoms with Gasteiger partial charge in [0.2, 0.25) is 0 Å². The van der Waals surface area contributed by atoms with Crippen LogP contribution in [0, 0.1) is 11.8 Å². The lowest BCUT2D eigenvalue weighted by molar-refractivity contribution is -0.0183. The summed E-state index contributed by atoms with van der Waals surface area (Å²) >= 11 is 0. The molecule has 2 heterocycles. The van der Waals surface area contributed by atoms with E-state index in [0.29, 0.717) is 24.0 Å². The van der Waals surface area contributed by atoms with Crippen molar-refractivity contribution >= 4 is 0 Å². The van der Waals surface area contributed by atoms with Gasteiger partial charge in [-0.15, -0.1) is 0 Å². The van der Waals surface area contributed by atoms with E-state index in [4.69, 9.17) is 9.47 Å². The van der Waals surface area contributed by atoms with Crippen molar-refractivity contribution < 1.29 is 19.7 Å². The molecule has 6 heteroatoms. The third-order valence-electron chi connectivity index (χ3n) is 7.10. The zero-order chi connectivity index (χ0) is 25.1. The molecule has 0 aromatic rings. The summed E-state index contributed by atoms with van der Waals surface area (Å²) in [6, 6.07) is 0. The van der Waals surface area contributed by atoms with E-state index in [1.54, 1.807) is 0 Å². The Morgan fingerprint density at radius 2 is 1.03 bits per heavy atom. The lowest BCUT2D eigenvalue weighted by Gasteiger charge is -2.37. The van der Waals surface area contributed by atoms with Gasteiger partial charge in [0.15, 0.2) is 0 Å². The number of rotatable bonds is 11. The van der Waals surface area contributed by atoms with Crippen molar-refractivity contribution in [1.82, 2.24) is 9.80 Å². The maximum atomic E-state index is 9.97. The van der Waals surface area contributed by atoms with Crippen LogP contribution in [-0.2, 0) is 9.47 Å². The highest BCUT2D eigenvalue weighted by molar-refractivity contribution is 4.83. The van der Waals surface area contributed by atoms with Crippen LogP contribution in [0.2, 0.25) is 0 Å². The molecule has 2 aliphatic heterocycles. The second-order valence-electron chi connectivity index (χ2n) is 11.7. The van der Waals surface area contributed by atoms with Gasteiger partial charge < -0.3 is 29.5 Å². The zero-order valence-corrected chi connectivity index (χ0v) is 23.1. The Balaban J connectivity index is 0.000000331. The molecule has 0 aromatic carbocycles. The molecule has 2 fully saturated rings. The van der Waals surface area contributed by atoms with Crippen LogP contribution in [-0.4, -0.2) is 95.9 Å². The summed E-state index contributed by atoms with van der Waals surface area (Å²) in [5.74, 6) is 0.917. The molecular formula is C27H56N2O4. The Morgan fingerprint density at radius 1 is 0.667 bits per heavy atom. The third-order valence-corrected chi connectivity index (χ3v) is 7.10. The number of piperidine rings is 2. The molecule has 0 spiro atoms. The van der Waals surface area contributed by atoms with E-state index in [2.05, 4.69) is 37.5 Å². The second kappa shape index (κ2) is 15.0. The van der Waals surface area contributed by atoms with Crippen molar-refractivity contribution in [1.29, 1.82) is 0 Å². The summed E-state index contributed by atoms with van der Waals surface area (Å²) in [6.07, 6.45) is 6.23. The SMILES string of the molecule is CC(C)OCCCN1CCC(C(C)(C)O)CC1.CC(C)OCCN1CCC(C(C)(C)O)CC1. The van der Waals surface area contributed by atoms with E-state index in [9.17, 15) is 10.2 Å². The molecule has 0 amide bonds. The van der Waals surface area contributed by atoms with E-state index in [1.165, 1.54) is 0 Å². The van der Waals surface area contributed by atoms with Crippen LogP contribution >= 0.6 is 0 Å². The van der Waals surface area contributed by atoms with E-state index in [1.807, 2.05) is 27.7 Å². The quantitative estimate of drug-likeness (QED) is 0.440. The molecule has 33 heavy (non-hydrogen) atoms. The molecule has 0 aliphatic carbocycles. The molecule has 0 saturated carbocycles. The normalized spacial score (nSPS) is 20.4. The smallest absolute Gasteiger partial charge is 0.0620 e. The highest BCUT2D eigenvalue weighted by Crippen LogP contribution is 2.28. The number of hydrogen-bond acceptors (Lipinski definition) is 6. The van der Waals surface area contributed by atoms with Crippen LogP contribution in [0.15, 0.2) is 0 Å². The summed E-state index contributed by atoms with van der Waals surface area (Å²) in [6.45, 7) is 24.3. The minimum atomic E-state index is -0.513. The van der Waals surface area contributed by atoms with Gasteiger partial charge in [0.25, 0.3) is 0 Å². The Bertz CT molecular complexity index is 483. The van der Waals surface area contributed by atoms with Crippen LogP contribution in [0.25, 0.3) is 0 Å². The number of ether oxygens (including phenoxy) is 2. The van der Waals surface area contributed by atoms with Crippen molar-refractivity contribution in [2.75, 3.05) is 52.5 Å². The molecule has 2 aliphatic rings. The Kier molecular flexibility index (Phi) is 14.0. The molecule has 198 valence electrons. The van der Waals surface area contributed by atoms with Gasteiger partial charge >= 0.3 is 0 Å². The summed E-state index contributed by atoms with van der Waals surface area (Å²) in [5, 5.41) is 19.9. The maximum absolute atomic E-state index is 9.97.